The van der Waals surface area contributed by atoms with Gasteiger partial charge < -0.3 is 0 Å². The van der Waals surface area contributed by atoms with E-state index < -0.39 is 23.4 Å². The van der Waals surface area contributed by atoms with Crippen LogP contribution in [0.4, 0.5) is 0 Å². The van der Waals surface area contributed by atoms with Gasteiger partial charge in [0.2, 0.25) is 0 Å². The van der Waals surface area contributed by atoms with Gasteiger partial charge in [0.15, 0.2) is 0 Å². The molecular formula is C12H17ClOSn. The Kier molecular flexibility index (Phi) is 4.68. The third kappa shape index (κ3) is 4.17. The molecule has 0 saturated heterocycles. The van der Waals surface area contributed by atoms with Crippen LogP contribution in [0.25, 0.3) is 0 Å². The van der Waals surface area contributed by atoms with Gasteiger partial charge in [-0.3, -0.25) is 0 Å². The van der Waals surface area contributed by atoms with Crippen LogP contribution in [-0.2, 0) is 0 Å². The van der Waals surface area contributed by atoms with E-state index in [0.29, 0.717) is 6.42 Å². The van der Waals surface area contributed by atoms with Crippen LogP contribution in [0.1, 0.15) is 18.1 Å². The minimum atomic E-state index is -2.54. The standard InChI is InChI=1S/C10H11O.2CH3.ClH.Sn/c1-2-6-10(11)9-7-4-3-5-8-9;;;;/h3-5,7-8,10-11H,1,6H2;2*1H3;1H;/q;;;;+1/p-1. The fourth-order valence-corrected chi connectivity index (χ4v) is 3.72. The Bertz CT molecular complexity index is 329. The summed E-state index contributed by atoms with van der Waals surface area (Å²) in [6.45, 7) is 3.99. The van der Waals surface area contributed by atoms with Crippen molar-refractivity contribution in [2.24, 2.45) is 0 Å². The van der Waals surface area contributed by atoms with Crippen LogP contribution >= 0.6 is 8.92 Å². The Morgan fingerprint density at radius 1 is 1.40 bits per heavy atom. The molecule has 1 aromatic carbocycles. The number of hydrogen-bond acceptors (Lipinski definition) is 1. The van der Waals surface area contributed by atoms with E-state index in [9.17, 15) is 5.11 Å². The zero-order valence-corrected chi connectivity index (χ0v) is 12.8. The topological polar surface area (TPSA) is 20.2 Å². The van der Waals surface area contributed by atoms with E-state index in [4.69, 9.17) is 8.92 Å². The molecule has 0 aromatic heterocycles. The predicted molar refractivity (Wildman–Crippen MR) is 68.5 cm³/mol. The van der Waals surface area contributed by atoms with E-state index >= 15 is 0 Å². The summed E-state index contributed by atoms with van der Waals surface area (Å²) in [5, 5.41) is 9.97. The van der Waals surface area contributed by atoms with Crippen molar-refractivity contribution in [1.82, 2.24) is 0 Å². The van der Waals surface area contributed by atoms with Crippen molar-refractivity contribution < 1.29 is 5.11 Å². The van der Waals surface area contributed by atoms with Gasteiger partial charge in [0, 0.05) is 0 Å². The fourth-order valence-electron chi connectivity index (χ4n) is 1.27. The van der Waals surface area contributed by atoms with Crippen LogP contribution in [-0.4, -0.2) is 22.4 Å². The van der Waals surface area contributed by atoms with Gasteiger partial charge in [-0.15, -0.1) is 0 Å². The second kappa shape index (κ2) is 5.37. The quantitative estimate of drug-likeness (QED) is 0.835. The number of benzene rings is 1. The first-order valence-electron chi connectivity index (χ1n) is 5.01. The molecule has 0 spiro atoms. The summed E-state index contributed by atoms with van der Waals surface area (Å²) in [7, 11) is 6.31. The van der Waals surface area contributed by atoms with E-state index in [1.54, 1.807) is 0 Å². The monoisotopic (exact) mass is 332 g/mol. The first-order valence-corrected chi connectivity index (χ1v) is 15.8. The molecule has 1 N–H and O–H groups in total. The first-order chi connectivity index (χ1) is 6.91. The van der Waals surface area contributed by atoms with Gasteiger partial charge in [-0.05, 0) is 0 Å². The molecule has 0 saturated carbocycles. The van der Waals surface area contributed by atoms with Crippen molar-refractivity contribution in [3.8, 4) is 0 Å². The first kappa shape index (κ1) is 13.1. The third-order valence-corrected chi connectivity index (χ3v) is 9.64. The van der Waals surface area contributed by atoms with Gasteiger partial charge >= 0.3 is 99.7 Å². The molecule has 0 aliphatic rings. The summed E-state index contributed by atoms with van der Waals surface area (Å²) in [6.07, 6.45) is 0.129. The molecule has 0 bridgehead atoms. The second-order valence-electron chi connectivity index (χ2n) is 4.21. The molecule has 1 aromatic rings. The van der Waals surface area contributed by atoms with E-state index in [-0.39, 0.29) is 0 Å². The Labute approximate surface area is 99.4 Å². The van der Waals surface area contributed by atoms with Crippen LogP contribution in [0.15, 0.2) is 40.5 Å². The van der Waals surface area contributed by atoms with Crippen LogP contribution < -0.4 is 0 Å². The Morgan fingerprint density at radius 3 is 2.40 bits per heavy atom. The molecule has 0 aliphatic heterocycles. The molecule has 0 radical (unpaired) electrons. The number of halogens is 1. The van der Waals surface area contributed by atoms with Crippen LogP contribution in [0, 0.1) is 0 Å². The second-order valence-corrected chi connectivity index (χ2v) is 21.0. The van der Waals surface area contributed by atoms with E-state index in [2.05, 4.69) is 16.5 Å². The van der Waals surface area contributed by atoms with Crippen molar-refractivity contribution in [2.75, 3.05) is 0 Å². The molecule has 15 heavy (non-hydrogen) atoms. The van der Waals surface area contributed by atoms with Crippen molar-refractivity contribution in [1.29, 1.82) is 0 Å². The van der Waals surface area contributed by atoms with Gasteiger partial charge in [-0.25, -0.2) is 0 Å². The number of aliphatic hydroxyl groups is 1. The number of aliphatic hydroxyl groups excluding tert-OH is 1. The number of rotatable bonds is 4. The van der Waals surface area contributed by atoms with Crippen molar-refractivity contribution in [3.05, 3.63) is 46.1 Å². The Morgan fingerprint density at radius 2 is 1.93 bits per heavy atom. The molecule has 0 amide bonds. The Balaban J connectivity index is 2.65. The molecule has 1 nitrogen and oxygen atoms in total. The molecule has 0 aliphatic carbocycles. The predicted octanol–water partition coefficient (Wildman–Crippen LogP) is 3.65. The van der Waals surface area contributed by atoms with Gasteiger partial charge in [0.1, 0.15) is 0 Å². The molecule has 1 atom stereocenters. The molecule has 0 heterocycles. The summed E-state index contributed by atoms with van der Waals surface area (Å²) in [6, 6.07) is 9.64. The zero-order valence-electron chi connectivity index (χ0n) is 9.20. The summed E-state index contributed by atoms with van der Waals surface area (Å²) in [5.41, 5.74) is 0.936. The molecule has 3 heteroatoms. The average molecular weight is 331 g/mol. The normalized spacial score (nSPS) is 13.6. The molecule has 0 fully saturated rings. The van der Waals surface area contributed by atoms with Crippen LogP contribution in [0.2, 0.25) is 9.88 Å². The van der Waals surface area contributed by atoms with Crippen LogP contribution in [0.3, 0.4) is 0 Å². The molecule has 1 rings (SSSR count). The van der Waals surface area contributed by atoms with Crippen molar-refractivity contribution in [3.63, 3.8) is 0 Å². The summed E-state index contributed by atoms with van der Waals surface area (Å²) in [5.74, 6) is 0. The third-order valence-electron chi connectivity index (χ3n) is 2.46. The van der Waals surface area contributed by atoms with Crippen molar-refractivity contribution in [2.45, 2.75) is 22.4 Å². The summed E-state index contributed by atoms with van der Waals surface area (Å²) < 4.78 is 1.06. The van der Waals surface area contributed by atoms with E-state index in [1.165, 1.54) is 0 Å². The number of hydrogen-bond donors (Lipinski definition) is 1. The van der Waals surface area contributed by atoms with Gasteiger partial charge in [-0.1, -0.05) is 0 Å². The van der Waals surface area contributed by atoms with Crippen LogP contribution in [0.5, 0.6) is 0 Å². The molecule has 1 unspecified atom stereocenters. The van der Waals surface area contributed by atoms with E-state index in [0.717, 1.165) is 9.15 Å². The molecular weight excluding hydrogens is 314 g/mol. The van der Waals surface area contributed by atoms with E-state index in [1.807, 2.05) is 30.3 Å². The summed E-state index contributed by atoms with van der Waals surface area (Å²) >= 11 is -2.54. The summed E-state index contributed by atoms with van der Waals surface area (Å²) in [4.78, 5) is 4.19. The fraction of sp³-hybridized carbons (Fsp3) is 0.333. The SMILES string of the molecule is C=[C](CC(O)c1ccccc1)[Sn]([CH3])([CH3])[Cl]. The average Bonchev–Trinajstić information content (AvgIpc) is 2.17. The van der Waals surface area contributed by atoms with Crippen molar-refractivity contribution >= 4 is 26.2 Å². The van der Waals surface area contributed by atoms with Gasteiger partial charge in [-0.2, -0.15) is 0 Å². The maximum atomic E-state index is 9.97. The maximum absolute atomic E-state index is 9.97. The van der Waals surface area contributed by atoms with Gasteiger partial charge in [0.05, 0.1) is 0 Å². The van der Waals surface area contributed by atoms with Gasteiger partial charge in [0.25, 0.3) is 0 Å². The molecule has 82 valence electrons. The minimum absolute atomic E-state index is 0.464. The Hall–Kier alpha value is 0.00870. The zero-order chi connectivity index (χ0) is 11.5.